The van der Waals surface area contributed by atoms with Gasteiger partial charge in [0, 0.05) is 13.7 Å². The van der Waals surface area contributed by atoms with Crippen LogP contribution in [-0.2, 0) is 4.74 Å². The Morgan fingerprint density at radius 3 is 2.00 bits per heavy atom. The third-order valence-corrected chi connectivity index (χ3v) is 3.89. The molecular weight excluding hydrogens is 318 g/mol. The number of rotatable bonds is 10. The summed E-state index contributed by atoms with van der Waals surface area (Å²) in [4.78, 5) is 0. The molecule has 0 amide bonds. The van der Waals surface area contributed by atoms with Crippen LogP contribution < -0.4 is 19.5 Å². The summed E-state index contributed by atoms with van der Waals surface area (Å²) in [5.41, 5.74) is 1.03. The molecule has 2 aromatic rings. The van der Waals surface area contributed by atoms with Crippen LogP contribution in [0.25, 0.3) is 0 Å². The van der Waals surface area contributed by atoms with Gasteiger partial charge in [-0.2, -0.15) is 0 Å². The van der Waals surface area contributed by atoms with E-state index in [1.165, 1.54) is 0 Å². The lowest BCUT2D eigenvalue weighted by molar-refractivity contribution is 0.00255. The number of benzene rings is 2. The van der Waals surface area contributed by atoms with Gasteiger partial charge in [-0.05, 0) is 55.9 Å². The fraction of sp³-hybridized carbons (Fsp3) is 0.400. The van der Waals surface area contributed by atoms with Crippen LogP contribution in [0, 0.1) is 0 Å². The Balaban J connectivity index is 2.24. The highest BCUT2D eigenvalue weighted by Gasteiger charge is 2.25. The van der Waals surface area contributed by atoms with Crippen molar-refractivity contribution >= 4 is 0 Å². The molecule has 0 aliphatic rings. The molecule has 0 saturated heterocycles. The molecule has 136 valence electrons. The maximum atomic E-state index is 6.24. The standard InChI is InChI=1S/C20H27NO4/c1-5-24-17-8-6-15(7-9-17)20(19(23-4)14-21-2)25-18-12-10-16(22-3)11-13-18/h6-13,19-21H,5,14H2,1-4H3. The van der Waals surface area contributed by atoms with Crippen LogP contribution in [0.4, 0.5) is 0 Å². The van der Waals surface area contributed by atoms with Gasteiger partial charge in [-0.1, -0.05) is 12.1 Å². The Morgan fingerprint density at radius 1 is 0.880 bits per heavy atom. The molecule has 2 rings (SSSR count). The van der Waals surface area contributed by atoms with Gasteiger partial charge in [-0.25, -0.2) is 0 Å². The topological polar surface area (TPSA) is 49.0 Å². The SMILES string of the molecule is CCOc1ccc(C(Oc2ccc(OC)cc2)C(CNC)OC)cc1. The summed E-state index contributed by atoms with van der Waals surface area (Å²) >= 11 is 0. The third kappa shape index (κ3) is 5.37. The molecule has 0 radical (unpaired) electrons. The molecule has 2 unspecified atom stereocenters. The summed E-state index contributed by atoms with van der Waals surface area (Å²) in [5, 5.41) is 3.15. The molecule has 0 fully saturated rings. The normalized spacial score (nSPS) is 13.1. The van der Waals surface area contributed by atoms with Crippen LogP contribution in [0.3, 0.4) is 0 Å². The molecule has 0 aliphatic carbocycles. The zero-order chi connectivity index (χ0) is 18.1. The highest BCUT2D eigenvalue weighted by molar-refractivity contribution is 5.33. The number of likely N-dealkylation sites (N-methyl/N-ethyl adjacent to an activating group) is 1. The number of methoxy groups -OCH3 is 2. The van der Waals surface area contributed by atoms with E-state index in [1.807, 2.05) is 62.5 Å². The van der Waals surface area contributed by atoms with E-state index >= 15 is 0 Å². The molecule has 0 bridgehead atoms. The van der Waals surface area contributed by atoms with Gasteiger partial charge in [0.25, 0.3) is 0 Å². The minimum absolute atomic E-state index is 0.134. The van der Waals surface area contributed by atoms with Crippen molar-refractivity contribution in [2.24, 2.45) is 0 Å². The fourth-order valence-electron chi connectivity index (χ4n) is 2.60. The van der Waals surface area contributed by atoms with Crippen molar-refractivity contribution in [1.29, 1.82) is 0 Å². The first kappa shape index (κ1) is 19.1. The van der Waals surface area contributed by atoms with Crippen molar-refractivity contribution in [3.05, 3.63) is 54.1 Å². The maximum Gasteiger partial charge on any atom is 0.151 e. The minimum Gasteiger partial charge on any atom is -0.497 e. The second-order valence-electron chi connectivity index (χ2n) is 5.55. The molecule has 0 spiro atoms. The van der Waals surface area contributed by atoms with Crippen molar-refractivity contribution in [3.8, 4) is 17.2 Å². The fourth-order valence-corrected chi connectivity index (χ4v) is 2.60. The molecular formula is C20H27NO4. The van der Waals surface area contributed by atoms with Gasteiger partial charge < -0.3 is 24.3 Å². The van der Waals surface area contributed by atoms with Gasteiger partial charge in [-0.3, -0.25) is 0 Å². The Bertz CT molecular complexity index is 613. The molecule has 0 saturated carbocycles. The Hall–Kier alpha value is -2.24. The molecule has 2 aromatic carbocycles. The smallest absolute Gasteiger partial charge is 0.151 e. The highest BCUT2D eigenvalue weighted by Crippen LogP contribution is 2.29. The van der Waals surface area contributed by atoms with Gasteiger partial charge in [0.15, 0.2) is 6.10 Å². The molecule has 25 heavy (non-hydrogen) atoms. The van der Waals surface area contributed by atoms with Crippen LogP contribution in [0.1, 0.15) is 18.6 Å². The number of nitrogens with one attached hydrogen (secondary N) is 1. The average Bonchev–Trinajstić information content (AvgIpc) is 2.66. The lowest BCUT2D eigenvalue weighted by Crippen LogP contribution is -2.34. The molecule has 5 nitrogen and oxygen atoms in total. The molecule has 0 aliphatic heterocycles. The summed E-state index contributed by atoms with van der Waals surface area (Å²) in [6.45, 7) is 3.29. The summed E-state index contributed by atoms with van der Waals surface area (Å²) in [6.07, 6.45) is -0.383. The summed E-state index contributed by atoms with van der Waals surface area (Å²) < 4.78 is 22.6. The molecule has 5 heteroatoms. The molecule has 1 N–H and O–H groups in total. The zero-order valence-electron chi connectivity index (χ0n) is 15.3. The van der Waals surface area contributed by atoms with E-state index in [1.54, 1.807) is 14.2 Å². The van der Waals surface area contributed by atoms with Gasteiger partial charge in [-0.15, -0.1) is 0 Å². The average molecular weight is 345 g/mol. The van der Waals surface area contributed by atoms with E-state index < -0.39 is 0 Å². The molecule has 0 heterocycles. The van der Waals surface area contributed by atoms with Gasteiger partial charge in [0.1, 0.15) is 23.4 Å². The van der Waals surface area contributed by atoms with Crippen molar-refractivity contribution in [2.75, 3.05) is 34.4 Å². The van der Waals surface area contributed by atoms with Crippen molar-refractivity contribution in [3.63, 3.8) is 0 Å². The lowest BCUT2D eigenvalue weighted by Gasteiger charge is -2.27. The van der Waals surface area contributed by atoms with Crippen molar-refractivity contribution < 1.29 is 18.9 Å². The Morgan fingerprint density at radius 2 is 1.48 bits per heavy atom. The van der Waals surface area contributed by atoms with Crippen molar-refractivity contribution in [1.82, 2.24) is 5.32 Å². The van der Waals surface area contributed by atoms with Crippen LogP contribution in [0.5, 0.6) is 17.2 Å². The predicted octanol–water partition coefficient (Wildman–Crippen LogP) is 3.45. The monoisotopic (exact) mass is 345 g/mol. The van der Waals surface area contributed by atoms with E-state index in [2.05, 4.69) is 5.32 Å². The third-order valence-electron chi connectivity index (χ3n) is 3.89. The maximum absolute atomic E-state index is 6.24. The second-order valence-corrected chi connectivity index (χ2v) is 5.55. The van der Waals surface area contributed by atoms with Gasteiger partial charge >= 0.3 is 0 Å². The zero-order valence-corrected chi connectivity index (χ0v) is 15.3. The van der Waals surface area contributed by atoms with Crippen LogP contribution >= 0.6 is 0 Å². The van der Waals surface area contributed by atoms with E-state index in [9.17, 15) is 0 Å². The van der Waals surface area contributed by atoms with E-state index in [-0.39, 0.29) is 12.2 Å². The van der Waals surface area contributed by atoms with Crippen molar-refractivity contribution in [2.45, 2.75) is 19.1 Å². The van der Waals surface area contributed by atoms with Crippen LogP contribution in [0.2, 0.25) is 0 Å². The Labute approximate surface area is 149 Å². The van der Waals surface area contributed by atoms with E-state index in [4.69, 9.17) is 18.9 Å². The molecule has 2 atom stereocenters. The van der Waals surface area contributed by atoms with Gasteiger partial charge in [0.05, 0.1) is 13.7 Å². The summed E-state index contributed by atoms with van der Waals surface area (Å²) in [5.74, 6) is 2.40. The Kier molecular flexibility index (Phi) is 7.57. The van der Waals surface area contributed by atoms with Crippen LogP contribution in [-0.4, -0.2) is 40.5 Å². The largest absolute Gasteiger partial charge is 0.497 e. The second kappa shape index (κ2) is 9.91. The van der Waals surface area contributed by atoms with E-state index in [0.29, 0.717) is 13.2 Å². The predicted molar refractivity (Wildman–Crippen MR) is 98.7 cm³/mol. The first-order valence-electron chi connectivity index (χ1n) is 8.42. The lowest BCUT2D eigenvalue weighted by atomic mass is 10.0. The summed E-state index contributed by atoms with van der Waals surface area (Å²) in [6, 6.07) is 15.5. The van der Waals surface area contributed by atoms with E-state index in [0.717, 1.165) is 22.8 Å². The quantitative estimate of drug-likeness (QED) is 0.715. The highest BCUT2D eigenvalue weighted by atomic mass is 16.5. The van der Waals surface area contributed by atoms with Gasteiger partial charge in [0.2, 0.25) is 0 Å². The minimum atomic E-state index is -0.249. The number of hydrogen-bond donors (Lipinski definition) is 1. The summed E-state index contributed by atoms with van der Waals surface area (Å²) in [7, 11) is 5.24. The molecule has 0 aromatic heterocycles. The number of hydrogen-bond acceptors (Lipinski definition) is 5. The number of ether oxygens (including phenoxy) is 4. The first-order valence-corrected chi connectivity index (χ1v) is 8.42. The van der Waals surface area contributed by atoms with Crippen LogP contribution in [0.15, 0.2) is 48.5 Å². The first-order chi connectivity index (χ1) is 12.2.